The molecule has 0 fully saturated rings. The standard InChI is InChI=1S/C16H27ClN2/c1-6-9-19(13(4)5)16-10-15(17)8-7-14(16)11-18-12(2)3/h7-8,10,12-13,18H,6,9,11H2,1-5H3. The van der Waals surface area contributed by atoms with Gasteiger partial charge in [-0.2, -0.15) is 0 Å². The van der Waals surface area contributed by atoms with Crippen molar-refractivity contribution in [2.24, 2.45) is 0 Å². The molecule has 3 heteroatoms. The molecule has 0 heterocycles. The Morgan fingerprint density at radius 2 is 1.89 bits per heavy atom. The summed E-state index contributed by atoms with van der Waals surface area (Å²) >= 11 is 6.18. The Hall–Kier alpha value is -0.730. The van der Waals surface area contributed by atoms with Crippen molar-refractivity contribution in [3.05, 3.63) is 28.8 Å². The van der Waals surface area contributed by atoms with Crippen LogP contribution in [0, 0.1) is 0 Å². The Labute approximate surface area is 123 Å². The first kappa shape index (κ1) is 16.3. The van der Waals surface area contributed by atoms with Gasteiger partial charge in [-0.15, -0.1) is 0 Å². The summed E-state index contributed by atoms with van der Waals surface area (Å²) in [6, 6.07) is 7.18. The highest BCUT2D eigenvalue weighted by Gasteiger charge is 2.14. The molecule has 0 aromatic heterocycles. The van der Waals surface area contributed by atoms with Crippen molar-refractivity contribution in [1.82, 2.24) is 5.32 Å². The molecule has 0 bridgehead atoms. The number of anilines is 1. The third-order valence-electron chi connectivity index (χ3n) is 3.15. The van der Waals surface area contributed by atoms with Gasteiger partial charge in [0.2, 0.25) is 0 Å². The maximum Gasteiger partial charge on any atom is 0.0429 e. The van der Waals surface area contributed by atoms with E-state index in [0.29, 0.717) is 12.1 Å². The lowest BCUT2D eigenvalue weighted by molar-refractivity contribution is 0.585. The van der Waals surface area contributed by atoms with E-state index in [4.69, 9.17) is 11.6 Å². The molecule has 108 valence electrons. The molecule has 0 unspecified atom stereocenters. The van der Waals surface area contributed by atoms with Crippen LogP contribution in [0.4, 0.5) is 5.69 Å². The number of rotatable bonds is 7. The van der Waals surface area contributed by atoms with Gasteiger partial charge in [-0.25, -0.2) is 0 Å². The van der Waals surface area contributed by atoms with Crippen molar-refractivity contribution in [1.29, 1.82) is 0 Å². The van der Waals surface area contributed by atoms with Crippen LogP contribution in [0.25, 0.3) is 0 Å². The monoisotopic (exact) mass is 282 g/mol. The molecule has 0 spiro atoms. The maximum atomic E-state index is 6.18. The molecular weight excluding hydrogens is 256 g/mol. The molecule has 0 aliphatic heterocycles. The van der Waals surface area contributed by atoms with Gasteiger partial charge < -0.3 is 10.2 Å². The summed E-state index contributed by atoms with van der Waals surface area (Å²) in [6.07, 6.45) is 1.14. The van der Waals surface area contributed by atoms with Crippen LogP contribution in [0.5, 0.6) is 0 Å². The van der Waals surface area contributed by atoms with Crippen LogP contribution < -0.4 is 10.2 Å². The van der Waals surface area contributed by atoms with E-state index in [9.17, 15) is 0 Å². The van der Waals surface area contributed by atoms with E-state index < -0.39 is 0 Å². The third kappa shape index (κ3) is 5.04. The molecule has 0 aliphatic carbocycles. The van der Waals surface area contributed by atoms with Crippen molar-refractivity contribution in [3.8, 4) is 0 Å². The minimum absolute atomic E-state index is 0.483. The van der Waals surface area contributed by atoms with E-state index in [1.54, 1.807) is 0 Å². The topological polar surface area (TPSA) is 15.3 Å². The van der Waals surface area contributed by atoms with Gasteiger partial charge in [0, 0.05) is 35.9 Å². The van der Waals surface area contributed by atoms with Gasteiger partial charge in [-0.3, -0.25) is 0 Å². The number of nitrogens with one attached hydrogen (secondary N) is 1. The zero-order chi connectivity index (χ0) is 14.4. The summed E-state index contributed by atoms with van der Waals surface area (Å²) in [5, 5.41) is 4.30. The molecule has 0 amide bonds. The third-order valence-corrected chi connectivity index (χ3v) is 3.38. The van der Waals surface area contributed by atoms with E-state index in [1.165, 1.54) is 11.3 Å². The second kappa shape index (κ2) is 7.76. The molecule has 1 aromatic carbocycles. The van der Waals surface area contributed by atoms with Crippen molar-refractivity contribution in [3.63, 3.8) is 0 Å². The molecule has 1 aromatic rings. The SMILES string of the molecule is CCCN(c1cc(Cl)ccc1CNC(C)C)C(C)C. The summed E-state index contributed by atoms with van der Waals surface area (Å²) < 4.78 is 0. The first-order chi connectivity index (χ1) is 8.95. The van der Waals surface area contributed by atoms with Crippen LogP contribution in [-0.2, 0) is 6.54 Å². The fourth-order valence-corrected chi connectivity index (χ4v) is 2.33. The Morgan fingerprint density at radius 1 is 1.21 bits per heavy atom. The average Bonchev–Trinajstić information content (AvgIpc) is 2.33. The quantitative estimate of drug-likeness (QED) is 0.794. The molecule has 0 aliphatic rings. The normalized spacial score (nSPS) is 11.4. The summed E-state index contributed by atoms with van der Waals surface area (Å²) in [6.45, 7) is 13.0. The average molecular weight is 283 g/mol. The smallest absolute Gasteiger partial charge is 0.0429 e. The number of halogens is 1. The Kier molecular flexibility index (Phi) is 6.67. The minimum atomic E-state index is 0.483. The van der Waals surface area contributed by atoms with E-state index in [0.717, 1.165) is 24.5 Å². The van der Waals surface area contributed by atoms with Crippen LogP contribution in [0.2, 0.25) is 5.02 Å². The second-order valence-electron chi connectivity index (χ2n) is 5.60. The fraction of sp³-hybridized carbons (Fsp3) is 0.625. The van der Waals surface area contributed by atoms with E-state index in [-0.39, 0.29) is 0 Å². The number of benzene rings is 1. The highest BCUT2D eigenvalue weighted by Crippen LogP contribution is 2.27. The van der Waals surface area contributed by atoms with Crippen LogP contribution >= 0.6 is 11.6 Å². The largest absolute Gasteiger partial charge is 0.369 e. The van der Waals surface area contributed by atoms with Crippen LogP contribution in [0.3, 0.4) is 0 Å². The Morgan fingerprint density at radius 3 is 2.42 bits per heavy atom. The molecule has 0 radical (unpaired) electrons. The van der Waals surface area contributed by atoms with Gasteiger partial charge in [-0.05, 0) is 38.0 Å². The van der Waals surface area contributed by atoms with Crippen molar-refractivity contribution < 1.29 is 0 Å². The maximum absolute atomic E-state index is 6.18. The molecule has 0 atom stereocenters. The fourth-order valence-electron chi connectivity index (χ4n) is 2.17. The van der Waals surface area contributed by atoms with Gasteiger partial charge in [-0.1, -0.05) is 38.4 Å². The predicted octanol–water partition coefficient (Wildman–Crippen LogP) is 4.46. The van der Waals surface area contributed by atoms with Gasteiger partial charge >= 0.3 is 0 Å². The molecule has 1 N–H and O–H groups in total. The van der Waals surface area contributed by atoms with E-state index in [1.807, 2.05) is 6.07 Å². The summed E-state index contributed by atoms with van der Waals surface area (Å²) in [7, 11) is 0. The second-order valence-corrected chi connectivity index (χ2v) is 6.03. The minimum Gasteiger partial charge on any atom is -0.369 e. The van der Waals surface area contributed by atoms with Gasteiger partial charge in [0.1, 0.15) is 0 Å². The molecule has 2 nitrogen and oxygen atoms in total. The molecule has 0 saturated heterocycles. The molecule has 1 rings (SSSR count). The molecule has 19 heavy (non-hydrogen) atoms. The van der Waals surface area contributed by atoms with Gasteiger partial charge in [0.25, 0.3) is 0 Å². The van der Waals surface area contributed by atoms with Gasteiger partial charge in [0.15, 0.2) is 0 Å². The predicted molar refractivity (Wildman–Crippen MR) is 86.2 cm³/mol. The number of nitrogens with zero attached hydrogens (tertiary/aromatic N) is 1. The lowest BCUT2D eigenvalue weighted by Gasteiger charge is -2.31. The zero-order valence-electron chi connectivity index (χ0n) is 12.8. The summed E-state index contributed by atoms with van der Waals surface area (Å²) in [4.78, 5) is 2.43. The summed E-state index contributed by atoms with van der Waals surface area (Å²) in [5.41, 5.74) is 2.58. The Balaban J connectivity index is 3.03. The van der Waals surface area contributed by atoms with E-state index in [2.05, 4.69) is 57.0 Å². The highest BCUT2D eigenvalue weighted by molar-refractivity contribution is 6.30. The van der Waals surface area contributed by atoms with Crippen LogP contribution in [0.15, 0.2) is 18.2 Å². The molecular formula is C16H27ClN2. The van der Waals surface area contributed by atoms with Crippen LogP contribution in [-0.4, -0.2) is 18.6 Å². The van der Waals surface area contributed by atoms with Crippen molar-refractivity contribution >= 4 is 17.3 Å². The highest BCUT2D eigenvalue weighted by atomic mass is 35.5. The summed E-state index contributed by atoms with van der Waals surface area (Å²) in [5.74, 6) is 0. The lowest BCUT2D eigenvalue weighted by Crippen LogP contribution is -2.33. The number of hydrogen-bond acceptors (Lipinski definition) is 2. The first-order valence-electron chi connectivity index (χ1n) is 7.24. The van der Waals surface area contributed by atoms with Gasteiger partial charge in [0.05, 0.1) is 0 Å². The van der Waals surface area contributed by atoms with E-state index >= 15 is 0 Å². The van der Waals surface area contributed by atoms with Crippen molar-refractivity contribution in [2.45, 2.75) is 59.7 Å². The Bertz CT molecular complexity index is 388. The number of hydrogen-bond donors (Lipinski definition) is 1. The van der Waals surface area contributed by atoms with Crippen LogP contribution in [0.1, 0.15) is 46.6 Å². The lowest BCUT2D eigenvalue weighted by atomic mass is 10.1. The van der Waals surface area contributed by atoms with Crippen molar-refractivity contribution in [2.75, 3.05) is 11.4 Å². The zero-order valence-corrected chi connectivity index (χ0v) is 13.6. The first-order valence-corrected chi connectivity index (χ1v) is 7.62. The molecule has 0 saturated carbocycles.